The van der Waals surface area contributed by atoms with E-state index in [1.807, 2.05) is 0 Å². The minimum absolute atomic E-state index is 0.465. The van der Waals surface area contributed by atoms with Gasteiger partial charge in [0.2, 0.25) is 0 Å². The summed E-state index contributed by atoms with van der Waals surface area (Å²) >= 11 is 0. The molecule has 0 heterocycles. The second-order valence-corrected chi connectivity index (χ2v) is 3.42. The minimum atomic E-state index is -4.88. The van der Waals surface area contributed by atoms with Crippen molar-refractivity contribution in [2.45, 2.75) is 18.6 Å². The molecule has 0 saturated heterocycles. The first-order valence-electron chi connectivity index (χ1n) is 4.56. The maximum atomic E-state index is 13.1. The van der Waals surface area contributed by atoms with Gasteiger partial charge >= 0.3 is 12.1 Å². The van der Waals surface area contributed by atoms with Gasteiger partial charge in [0.15, 0.2) is 0 Å². The third-order valence-electron chi connectivity index (χ3n) is 2.14. The zero-order valence-corrected chi connectivity index (χ0v) is 8.46. The normalized spacial score (nSPS) is 13.5. The summed E-state index contributed by atoms with van der Waals surface area (Å²) in [7, 11) is 0. The highest BCUT2D eigenvalue weighted by molar-refractivity contribution is 5.73. The van der Waals surface area contributed by atoms with Crippen LogP contribution in [0.5, 0.6) is 0 Å². The largest absolute Gasteiger partial charge is 0.480 e. The van der Waals surface area contributed by atoms with Crippen LogP contribution in [0.15, 0.2) is 18.2 Å². The molecule has 7 heteroatoms. The quantitative estimate of drug-likeness (QED) is 0.805. The molecule has 1 aromatic rings. The van der Waals surface area contributed by atoms with Crippen LogP contribution in [-0.4, -0.2) is 17.1 Å². The number of halogens is 4. The van der Waals surface area contributed by atoms with Gasteiger partial charge in [-0.15, -0.1) is 0 Å². The standard InChI is InChI=1S/C10H9F4NO2/c11-6-3-1-2-5(4-7(15)9(16)17)8(6)10(12,13)14/h1-3,7H,4,15H2,(H,16,17)/t7-/m0/s1. The van der Waals surface area contributed by atoms with E-state index in [2.05, 4.69) is 0 Å². The van der Waals surface area contributed by atoms with Gasteiger partial charge in [-0.3, -0.25) is 4.79 Å². The third-order valence-corrected chi connectivity index (χ3v) is 2.14. The number of hydrogen-bond acceptors (Lipinski definition) is 2. The SMILES string of the molecule is N[C@@H](Cc1cccc(F)c1C(F)(F)F)C(=O)O. The first-order valence-corrected chi connectivity index (χ1v) is 4.56. The maximum Gasteiger partial charge on any atom is 0.419 e. The third kappa shape index (κ3) is 3.16. The number of rotatable bonds is 3. The molecule has 0 radical (unpaired) electrons. The number of carboxylic acids is 1. The number of nitrogens with two attached hydrogens (primary N) is 1. The molecule has 1 atom stereocenters. The molecule has 0 aliphatic rings. The molecule has 0 fully saturated rings. The van der Waals surface area contributed by atoms with Gasteiger partial charge in [0.1, 0.15) is 11.9 Å². The van der Waals surface area contributed by atoms with Crippen LogP contribution in [0.1, 0.15) is 11.1 Å². The summed E-state index contributed by atoms with van der Waals surface area (Å²) in [6, 6.07) is 1.25. The van der Waals surface area contributed by atoms with Crippen LogP contribution >= 0.6 is 0 Å². The molecular formula is C10H9F4NO2. The average molecular weight is 251 g/mol. The van der Waals surface area contributed by atoms with Gasteiger partial charge < -0.3 is 10.8 Å². The van der Waals surface area contributed by atoms with E-state index in [9.17, 15) is 22.4 Å². The molecule has 0 unspecified atom stereocenters. The Morgan fingerprint density at radius 2 is 2.00 bits per heavy atom. The molecule has 1 rings (SSSR count). The Kier molecular flexibility index (Phi) is 3.72. The second kappa shape index (κ2) is 4.70. The van der Waals surface area contributed by atoms with Crippen molar-refractivity contribution in [2.24, 2.45) is 5.73 Å². The Bertz CT molecular complexity index is 431. The molecule has 0 spiro atoms. The highest BCUT2D eigenvalue weighted by atomic mass is 19.4. The molecule has 0 amide bonds. The minimum Gasteiger partial charge on any atom is -0.480 e. The average Bonchev–Trinajstić information content (AvgIpc) is 2.15. The monoisotopic (exact) mass is 251 g/mol. The van der Waals surface area contributed by atoms with E-state index in [-0.39, 0.29) is 0 Å². The first-order chi connectivity index (χ1) is 7.73. The van der Waals surface area contributed by atoms with Crippen LogP contribution in [0.4, 0.5) is 17.6 Å². The summed E-state index contributed by atoms with van der Waals surface area (Å²) in [6.07, 6.45) is -5.46. The Morgan fingerprint density at radius 3 is 2.47 bits per heavy atom. The molecular weight excluding hydrogens is 242 g/mol. The van der Waals surface area contributed by atoms with Gasteiger partial charge in [0.05, 0.1) is 5.56 Å². The summed E-state index contributed by atoms with van der Waals surface area (Å²) in [4.78, 5) is 10.4. The highest BCUT2D eigenvalue weighted by Crippen LogP contribution is 2.34. The van der Waals surface area contributed by atoms with Crippen molar-refractivity contribution >= 4 is 5.97 Å². The lowest BCUT2D eigenvalue weighted by Crippen LogP contribution is -2.33. The van der Waals surface area contributed by atoms with Crippen LogP contribution < -0.4 is 5.73 Å². The lowest BCUT2D eigenvalue weighted by atomic mass is 10.00. The number of benzene rings is 1. The van der Waals surface area contributed by atoms with Gasteiger partial charge in [-0.2, -0.15) is 13.2 Å². The van der Waals surface area contributed by atoms with E-state index >= 15 is 0 Å². The maximum absolute atomic E-state index is 13.1. The number of alkyl halides is 3. The van der Waals surface area contributed by atoms with Gasteiger partial charge in [-0.05, 0) is 18.1 Å². The molecule has 17 heavy (non-hydrogen) atoms. The van der Waals surface area contributed by atoms with Gasteiger partial charge in [0.25, 0.3) is 0 Å². The number of aliphatic carboxylic acids is 1. The van der Waals surface area contributed by atoms with Crippen molar-refractivity contribution in [2.75, 3.05) is 0 Å². The van der Waals surface area contributed by atoms with Gasteiger partial charge in [-0.1, -0.05) is 12.1 Å². The smallest absolute Gasteiger partial charge is 0.419 e. The number of carboxylic acid groups (broad SMARTS) is 1. The van der Waals surface area contributed by atoms with Crippen LogP contribution in [-0.2, 0) is 17.4 Å². The Morgan fingerprint density at radius 1 is 1.41 bits per heavy atom. The Hall–Kier alpha value is -1.63. The van der Waals surface area contributed by atoms with E-state index < -0.39 is 41.6 Å². The fraction of sp³-hybridized carbons (Fsp3) is 0.300. The lowest BCUT2D eigenvalue weighted by Gasteiger charge is -2.15. The van der Waals surface area contributed by atoms with E-state index in [0.29, 0.717) is 6.07 Å². The fourth-order valence-electron chi connectivity index (χ4n) is 1.38. The van der Waals surface area contributed by atoms with E-state index in [1.54, 1.807) is 0 Å². The van der Waals surface area contributed by atoms with Crippen molar-refractivity contribution in [3.63, 3.8) is 0 Å². The summed E-state index contributed by atoms with van der Waals surface area (Å²) < 4.78 is 50.7. The van der Waals surface area contributed by atoms with Crippen molar-refractivity contribution in [3.8, 4) is 0 Å². The van der Waals surface area contributed by atoms with Crippen LogP contribution in [0, 0.1) is 5.82 Å². The highest BCUT2D eigenvalue weighted by Gasteiger charge is 2.37. The summed E-state index contributed by atoms with van der Waals surface area (Å²) in [6.45, 7) is 0. The van der Waals surface area contributed by atoms with Crippen molar-refractivity contribution in [3.05, 3.63) is 35.1 Å². The number of carbonyl (C=O) groups is 1. The molecule has 0 bridgehead atoms. The van der Waals surface area contributed by atoms with Crippen LogP contribution in [0.25, 0.3) is 0 Å². The molecule has 3 N–H and O–H groups in total. The Labute approximate surface area is 93.8 Å². The van der Waals surface area contributed by atoms with E-state index in [4.69, 9.17) is 10.8 Å². The molecule has 0 saturated carbocycles. The van der Waals surface area contributed by atoms with Crippen molar-refractivity contribution in [1.29, 1.82) is 0 Å². The fourth-order valence-corrected chi connectivity index (χ4v) is 1.38. The number of hydrogen-bond donors (Lipinski definition) is 2. The van der Waals surface area contributed by atoms with Crippen LogP contribution in [0.3, 0.4) is 0 Å². The van der Waals surface area contributed by atoms with Crippen molar-refractivity contribution < 1.29 is 27.5 Å². The lowest BCUT2D eigenvalue weighted by molar-refractivity contribution is -0.142. The summed E-state index contributed by atoms with van der Waals surface area (Å²) in [5, 5.41) is 8.51. The van der Waals surface area contributed by atoms with E-state index in [1.165, 1.54) is 0 Å². The zero-order chi connectivity index (χ0) is 13.2. The van der Waals surface area contributed by atoms with Crippen molar-refractivity contribution in [1.82, 2.24) is 0 Å². The van der Waals surface area contributed by atoms with Crippen LogP contribution in [0.2, 0.25) is 0 Å². The predicted octanol–water partition coefficient (Wildman–Crippen LogP) is 1.80. The molecule has 1 aromatic carbocycles. The molecule has 0 aromatic heterocycles. The second-order valence-electron chi connectivity index (χ2n) is 3.42. The summed E-state index contributed by atoms with van der Waals surface area (Å²) in [5.74, 6) is -2.88. The van der Waals surface area contributed by atoms with Gasteiger partial charge in [-0.25, -0.2) is 4.39 Å². The summed E-state index contributed by atoms with van der Waals surface area (Å²) in [5.41, 5.74) is 3.19. The topological polar surface area (TPSA) is 63.3 Å². The van der Waals surface area contributed by atoms with Gasteiger partial charge in [0, 0.05) is 0 Å². The molecule has 94 valence electrons. The molecule has 0 aliphatic heterocycles. The van der Waals surface area contributed by atoms with E-state index in [0.717, 1.165) is 12.1 Å². The predicted molar refractivity (Wildman–Crippen MR) is 50.7 cm³/mol. The first kappa shape index (κ1) is 13.4. The Balaban J connectivity index is 3.16. The molecule has 0 aliphatic carbocycles. The zero-order valence-electron chi connectivity index (χ0n) is 8.46. The molecule has 3 nitrogen and oxygen atoms in total.